The third-order valence-electron chi connectivity index (χ3n) is 8.35. The van der Waals surface area contributed by atoms with Crippen LogP contribution in [0.5, 0.6) is 5.75 Å². The van der Waals surface area contributed by atoms with Crippen LogP contribution in [-0.2, 0) is 25.6 Å². The maximum Gasteiger partial charge on any atom is 0.303 e. The molecule has 1 amide bonds. The van der Waals surface area contributed by atoms with Gasteiger partial charge >= 0.3 is 5.97 Å². The number of halogens is 4. The second-order valence-electron chi connectivity index (χ2n) is 12.6. The van der Waals surface area contributed by atoms with Crippen molar-refractivity contribution >= 4 is 11.9 Å². The Morgan fingerprint density at radius 1 is 1.15 bits per heavy atom. The first-order valence-corrected chi connectivity index (χ1v) is 15.6. The van der Waals surface area contributed by atoms with Crippen LogP contribution in [0.3, 0.4) is 0 Å². The Hall–Kier alpha value is -4.01. The van der Waals surface area contributed by atoms with E-state index < -0.39 is 59.0 Å². The van der Waals surface area contributed by atoms with Crippen molar-refractivity contribution in [2.75, 3.05) is 40.1 Å². The average Bonchev–Trinajstić information content (AvgIpc) is 3.61. The normalized spacial score (nSPS) is 17.6. The van der Waals surface area contributed by atoms with Gasteiger partial charge in [0.1, 0.15) is 35.2 Å². The van der Waals surface area contributed by atoms with Gasteiger partial charge in [-0.2, -0.15) is 0 Å². The number of imidazole rings is 1. The van der Waals surface area contributed by atoms with Crippen LogP contribution in [0.15, 0.2) is 42.6 Å². The van der Waals surface area contributed by atoms with Crippen LogP contribution in [0.1, 0.15) is 51.5 Å². The summed E-state index contributed by atoms with van der Waals surface area (Å²) in [5.74, 6) is -3.71. The Labute approximate surface area is 277 Å². The summed E-state index contributed by atoms with van der Waals surface area (Å²) in [7, 11) is 1.42. The third kappa shape index (κ3) is 8.91. The molecule has 0 radical (unpaired) electrons. The standard InChI is InChI=1S/C34H42F4N4O6/c1-20(48-21(2)44)33(45)42(17-23-14-39-15-29(23)38)31(34(3,4)8-9-43)32-40-30(27-13-24(35)6-7-28(27)37)18-41(32)16-22-10-25(36)12-26(11-22)47-19-46-5/h6-7,10-13,18,20,23,29,31,39,43H,8-9,14-17,19H2,1-5H3. The van der Waals surface area contributed by atoms with Crippen LogP contribution in [0.25, 0.3) is 11.3 Å². The highest BCUT2D eigenvalue weighted by atomic mass is 19.1. The summed E-state index contributed by atoms with van der Waals surface area (Å²) < 4.78 is 76.6. The van der Waals surface area contributed by atoms with E-state index in [0.717, 1.165) is 25.1 Å². The predicted octanol–water partition coefficient (Wildman–Crippen LogP) is 4.79. The molecule has 2 aromatic carbocycles. The van der Waals surface area contributed by atoms with Gasteiger partial charge in [-0.25, -0.2) is 22.5 Å². The number of amides is 1. The van der Waals surface area contributed by atoms with Crippen LogP contribution in [0, 0.1) is 28.8 Å². The van der Waals surface area contributed by atoms with E-state index in [1.54, 1.807) is 24.5 Å². The molecule has 2 heterocycles. The summed E-state index contributed by atoms with van der Waals surface area (Å²) in [6.07, 6.45) is -0.963. The molecule has 1 saturated heterocycles. The molecule has 1 aromatic heterocycles. The van der Waals surface area contributed by atoms with Crippen molar-refractivity contribution < 1.29 is 46.5 Å². The molecule has 4 rings (SSSR count). The van der Waals surface area contributed by atoms with Crippen molar-refractivity contribution in [2.45, 2.75) is 59.0 Å². The van der Waals surface area contributed by atoms with Crippen LogP contribution < -0.4 is 10.1 Å². The zero-order valence-electron chi connectivity index (χ0n) is 27.6. The third-order valence-corrected chi connectivity index (χ3v) is 8.35. The summed E-state index contributed by atoms with van der Waals surface area (Å²) in [5, 5.41) is 13.1. The van der Waals surface area contributed by atoms with Gasteiger partial charge in [-0.1, -0.05) is 13.8 Å². The molecular weight excluding hydrogens is 636 g/mol. The van der Waals surface area contributed by atoms with E-state index in [-0.39, 0.29) is 68.8 Å². The fourth-order valence-corrected chi connectivity index (χ4v) is 6.04. The molecule has 1 aliphatic rings. The van der Waals surface area contributed by atoms with Gasteiger partial charge in [-0.15, -0.1) is 0 Å². The first-order valence-electron chi connectivity index (χ1n) is 15.6. The number of benzene rings is 2. The molecule has 0 bridgehead atoms. The summed E-state index contributed by atoms with van der Waals surface area (Å²) in [6.45, 7) is 5.87. The average molecular weight is 679 g/mol. The number of nitrogens with zero attached hydrogens (tertiary/aromatic N) is 3. The Morgan fingerprint density at radius 2 is 1.90 bits per heavy atom. The molecule has 3 aromatic rings. The quantitative estimate of drug-likeness (QED) is 0.134. The lowest BCUT2D eigenvalue weighted by atomic mass is 9.79. The fourth-order valence-electron chi connectivity index (χ4n) is 6.04. The van der Waals surface area contributed by atoms with Gasteiger partial charge in [0.2, 0.25) is 0 Å². The molecule has 262 valence electrons. The SMILES string of the molecule is COCOc1cc(F)cc(Cn2cc(-c3cc(F)ccc3F)nc2C(N(CC2CNCC2F)C(=O)C(C)OC(C)=O)C(C)(C)CCO)c1. The fraction of sp³-hybridized carbons (Fsp3) is 0.500. The lowest BCUT2D eigenvalue weighted by Crippen LogP contribution is -2.50. The number of alkyl halides is 1. The van der Waals surface area contributed by atoms with Gasteiger partial charge in [-0.05, 0) is 54.7 Å². The monoisotopic (exact) mass is 678 g/mol. The molecule has 0 spiro atoms. The van der Waals surface area contributed by atoms with Crippen LogP contribution in [0.2, 0.25) is 0 Å². The van der Waals surface area contributed by atoms with Crippen molar-refractivity contribution in [3.63, 3.8) is 0 Å². The van der Waals surface area contributed by atoms with E-state index in [4.69, 9.17) is 19.2 Å². The molecule has 2 N–H and O–H groups in total. The Kier molecular flexibility index (Phi) is 12.2. The second-order valence-corrected chi connectivity index (χ2v) is 12.6. The number of ether oxygens (including phenoxy) is 3. The van der Waals surface area contributed by atoms with Crippen LogP contribution in [-0.4, -0.2) is 83.9 Å². The van der Waals surface area contributed by atoms with Crippen molar-refractivity contribution in [3.05, 3.63) is 71.4 Å². The summed E-state index contributed by atoms with van der Waals surface area (Å²) >= 11 is 0. The smallest absolute Gasteiger partial charge is 0.303 e. The zero-order valence-corrected chi connectivity index (χ0v) is 27.6. The number of aliphatic hydroxyl groups is 1. The zero-order chi connectivity index (χ0) is 35.2. The Balaban J connectivity index is 1.95. The molecular formula is C34H42F4N4O6. The van der Waals surface area contributed by atoms with E-state index in [0.29, 0.717) is 5.56 Å². The summed E-state index contributed by atoms with van der Waals surface area (Å²) in [4.78, 5) is 32.2. The largest absolute Gasteiger partial charge is 0.467 e. The number of methoxy groups -OCH3 is 1. The highest BCUT2D eigenvalue weighted by Gasteiger charge is 2.44. The highest BCUT2D eigenvalue weighted by Crippen LogP contribution is 2.43. The van der Waals surface area contributed by atoms with E-state index in [1.807, 2.05) is 0 Å². The van der Waals surface area contributed by atoms with E-state index in [1.165, 1.54) is 37.3 Å². The van der Waals surface area contributed by atoms with E-state index in [9.17, 15) is 23.5 Å². The molecule has 0 saturated carbocycles. The number of hydrogen-bond acceptors (Lipinski definition) is 8. The van der Waals surface area contributed by atoms with Gasteiger partial charge in [0.25, 0.3) is 5.91 Å². The maximum atomic E-state index is 15.1. The van der Waals surface area contributed by atoms with Gasteiger partial charge in [-0.3, -0.25) is 9.59 Å². The minimum absolute atomic E-state index is 0.0189. The minimum Gasteiger partial charge on any atom is -0.467 e. The summed E-state index contributed by atoms with van der Waals surface area (Å²) in [6, 6.07) is 5.91. The molecule has 48 heavy (non-hydrogen) atoms. The number of carbonyl (C=O) groups excluding carboxylic acids is 2. The van der Waals surface area contributed by atoms with Crippen molar-refractivity contribution in [2.24, 2.45) is 11.3 Å². The molecule has 4 atom stereocenters. The predicted molar refractivity (Wildman–Crippen MR) is 168 cm³/mol. The number of rotatable bonds is 15. The molecule has 10 nitrogen and oxygen atoms in total. The van der Waals surface area contributed by atoms with E-state index >= 15 is 8.78 Å². The summed E-state index contributed by atoms with van der Waals surface area (Å²) in [5.41, 5.74) is -0.717. The van der Waals surface area contributed by atoms with Crippen molar-refractivity contribution in [1.82, 2.24) is 19.8 Å². The van der Waals surface area contributed by atoms with E-state index in [2.05, 4.69) is 5.32 Å². The van der Waals surface area contributed by atoms with Gasteiger partial charge in [0.05, 0.1) is 11.7 Å². The lowest BCUT2D eigenvalue weighted by Gasteiger charge is -2.43. The van der Waals surface area contributed by atoms with Crippen molar-refractivity contribution in [3.8, 4) is 17.0 Å². The highest BCUT2D eigenvalue weighted by molar-refractivity contribution is 5.83. The molecule has 4 unspecified atom stereocenters. The molecule has 1 aliphatic heterocycles. The Bertz CT molecular complexity index is 1580. The number of aromatic nitrogens is 2. The molecule has 14 heteroatoms. The first kappa shape index (κ1) is 36.8. The molecule has 1 fully saturated rings. The number of nitrogens with one attached hydrogen (secondary N) is 1. The van der Waals surface area contributed by atoms with Gasteiger partial charge < -0.3 is 34.1 Å². The van der Waals surface area contributed by atoms with Crippen LogP contribution in [0.4, 0.5) is 17.6 Å². The molecule has 0 aliphatic carbocycles. The number of carbonyl (C=O) groups is 2. The van der Waals surface area contributed by atoms with Crippen LogP contribution >= 0.6 is 0 Å². The van der Waals surface area contributed by atoms with Gasteiger partial charge in [0, 0.05) is 70.6 Å². The number of hydrogen-bond donors (Lipinski definition) is 2. The lowest BCUT2D eigenvalue weighted by molar-refractivity contribution is -0.161. The number of esters is 1. The first-order chi connectivity index (χ1) is 22.7. The number of aliphatic hydroxyl groups excluding tert-OH is 1. The Morgan fingerprint density at radius 3 is 2.54 bits per heavy atom. The minimum atomic E-state index is -1.29. The second kappa shape index (κ2) is 15.9. The topological polar surface area (TPSA) is 115 Å². The van der Waals surface area contributed by atoms with Gasteiger partial charge in [0.15, 0.2) is 12.9 Å². The maximum absolute atomic E-state index is 15.1. The van der Waals surface area contributed by atoms with Crippen molar-refractivity contribution in [1.29, 1.82) is 0 Å².